The fourth-order valence-corrected chi connectivity index (χ4v) is 5.17. The zero-order chi connectivity index (χ0) is 18.9. The summed E-state index contributed by atoms with van der Waals surface area (Å²) >= 11 is 0. The van der Waals surface area contributed by atoms with Crippen LogP contribution in [0.25, 0.3) is 11.3 Å². The first kappa shape index (κ1) is 17.8. The fraction of sp³-hybridized carbons (Fsp3) is 0.130. The van der Waals surface area contributed by atoms with Gasteiger partial charge >= 0.3 is 7.60 Å². The molecule has 1 aliphatic rings. The summed E-state index contributed by atoms with van der Waals surface area (Å²) in [6.45, 7) is 4.18. The van der Waals surface area contributed by atoms with E-state index in [2.05, 4.69) is 6.07 Å². The smallest absolute Gasteiger partial charge is 0.411 e. The highest BCUT2D eigenvalue weighted by Gasteiger charge is 2.39. The molecule has 27 heavy (non-hydrogen) atoms. The summed E-state index contributed by atoms with van der Waals surface area (Å²) in [7, 11) is -3.46. The maximum atomic E-state index is 13.6. The number of hydrogen-bond donors (Lipinski definition) is 0. The largest absolute Gasteiger partial charge is 0.420 e. The lowest BCUT2D eigenvalue weighted by atomic mass is 9.93. The van der Waals surface area contributed by atoms with Crippen LogP contribution in [0.2, 0.25) is 0 Å². The number of fused-ring (bicyclic) bond motifs is 1. The van der Waals surface area contributed by atoms with Crippen molar-refractivity contribution in [2.45, 2.75) is 13.8 Å². The van der Waals surface area contributed by atoms with Gasteiger partial charge in [0.2, 0.25) is 0 Å². The van der Waals surface area contributed by atoms with Crippen LogP contribution in [-0.2, 0) is 13.6 Å². The van der Waals surface area contributed by atoms with Gasteiger partial charge in [0, 0.05) is 16.7 Å². The van der Waals surface area contributed by atoms with Gasteiger partial charge in [-0.05, 0) is 25.5 Å². The third-order valence-electron chi connectivity index (χ3n) is 4.55. The predicted octanol–water partition coefficient (Wildman–Crippen LogP) is 5.80. The second-order valence-electron chi connectivity index (χ2n) is 6.46. The van der Waals surface area contributed by atoms with E-state index in [4.69, 9.17) is 9.05 Å². The van der Waals surface area contributed by atoms with E-state index in [0.29, 0.717) is 17.7 Å². The molecule has 1 heterocycles. The molecule has 0 aromatic heterocycles. The SMILES string of the molecule is CCOP1(=O)OC(c2ccccc2)=C(c2ccccc2)c2cc(C)ccc21. The molecule has 0 saturated heterocycles. The molecule has 0 radical (unpaired) electrons. The Morgan fingerprint density at radius 3 is 2.15 bits per heavy atom. The molecule has 0 fully saturated rings. The van der Waals surface area contributed by atoms with E-state index in [1.54, 1.807) is 0 Å². The van der Waals surface area contributed by atoms with Crippen LogP contribution in [0.1, 0.15) is 29.2 Å². The standard InChI is InChI=1S/C23H21O3P/c1-3-25-27(24)21-15-14-17(2)16-20(21)22(18-10-6-4-7-11-18)23(26-27)19-12-8-5-9-13-19/h4-16H,3H2,1-2H3. The molecule has 1 aliphatic heterocycles. The molecule has 0 aliphatic carbocycles. The van der Waals surface area contributed by atoms with Gasteiger partial charge in [-0.25, -0.2) is 4.57 Å². The molecule has 0 bridgehead atoms. The number of rotatable bonds is 4. The van der Waals surface area contributed by atoms with Crippen molar-refractivity contribution in [1.82, 2.24) is 0 Å². The molecule has 3 nitrogen and oxygen atoms in total. The van der Waals surface area contributed by atoms with Crippen LogP contribution in [0.3, 0.4) is 0 Å². The van der Waals surface area contributed by atoms with Crippen molar-refractivity contribution >= 4 is 24.2 Å². The van der Waals surface area contributed by atoms with E-state index in [1.165, 1.54) is 0 Å². The first-order chi connectivity index (χ1) is 13.1. The average Bonchev–Trinajstić information content (AvgIpc) is 2.69. The number of benzene rings is 3. The lowest BCUT2D eigenvalue weighted by molar-refractivity contribution is 0.279. The summed E-state index contributed by atoms with van der Waals surface area (Å²) in [6, 6.07) is 25.7. The Balaban J connectivity index is 2.07. The summed E-state index contributed by atoms with van der Waals surface area (Å²) in [5, 5.41) is 0.619. The monoisotopic (exact) mass is 376 g/mol. The number of aryl methyl sites for hydroxylation is 1. The topological polar surface area (TPSA) is 35.5 Å². The Labute approximate surface area is 159 Å². The average molecular weight is 376 g/mol. The first-order valence-electron chi connectivity index (χ1n) is 9.03. The van der Waals surface area contributed by atoms with Crippen LogP contribution in [-0.4, -0.2) is 6.61 Å². The van der Waals surface area contributed by atoms with Crippen LogP contribution < -0.4 is 5.30 Å². The molecule has 4 heteroatoms. The van der Waals surface area contributed by atoms with Crippen molar-refractivity contribution in [3.63, 3.8) is 0 Å². The first-order valence-corrected chi connectivity index (χ1v) is 10.6. The molecule has 0 saturated carbocycles. The zero-order valence-electron chi connectivity index (χ0n) is 15.4. The Kier molecular flexibility index (Phi) is 4.73. The highest BCUT2D eigenvalue weighted by molar-refractivity contribution is 7.62. The Bertz CT molecular complexity index is 1040. The van der Waals surface area contributed by atoms with E-state index >= 15 is 0 Å². The molecular formula is C23H21O3P. The molecule has 136 valence electrons. The van der Waals surface area contributed by atoms with Crippen LogP contribution in [0.4, 0.5) is 0 Å². The fourth-order valence-electron chi connectivity index (χ4n) is 3.37. The minimum atomic E-state index is -3.46. The lowest BCUT2D eigenvalue weighted by Gasteiger charge is -2.30. The lowest BCUT2D eigenvalue weighted by Crippen LogP contribution is -2.21. The normalized spacial score (nSPS) is 18.7. The van der Waals surface area contributed by atoms with Crippen molar-refractivity contribution in [3.8, 4) is 0 Å². The van der Waals surface area contributed by atoms with Crippen molar-refractivity contribution < 1.29 is 13.6 Å². The van der Waals surface area contributed by atoms with E-state index in [9.17, 15) is 4.57 Å². The third-order valence-corrected chi connectivity index (χ3v) is 6.55. The van der Waals surface area contributed by atoms with Gasteiger partial charge < -0.3 is 4.52 Å². The second-order valence-corrected chi connectivity index (χ2v) is 8.38. The minimum absolute atomic E-state index is 0.313. The van der Waals surface area contributed by atoms with Crippen LogP contribution in [0.5, 0.6) is 0 Å². The summed E-state index contributed by atoms with van der Waals surface area (Å²) in [4.78, 5) is 0. The van der Waals surface area contributed by atoms with Crippen LogP contribution in [0, 0.1) is 6.92 Å². The molecule has 0 amide bonds. The van der Waals surface area contributed by atoms with Crippen molar-refractivity contribution in [2.75, 3.05) is 6.61 Å². The quantitative estimate of drug-likeness (QED) is 0.540. The van der Waals surface area contributed by atoms with Crippen LogP contribution >= 0.6 is 7.60 Å². The summed E-state index contributed by atoms with van der Waals surface area (Å²) in [6.07, 6.45) is 0. The van der Waals surface area contributed by atoms with Gasteiger partial charge in [0.1, 0.15) is 5.76 Å². The van der Waals surface area contributed by atoms with Crippen molar-refractivity contribution in [3.05, 3.63) is 101 Å². The Hall–Kier alpha value is -2.61. The molecule has 0 spiro atoms. The summed E-state index contributed by atoms with van der Waals surface area (Å²) < 4.78 is 25.5. The zero-order valence-corrected chi connectivity index (χ0v) is 16.3. The molecule has 3 aromatic rings. The highest BCUT2D eigenvalue weighted by Crippen LogP contribution is 2.57. The molecule has 1 atom stereocenters. The molecule has 1 unspecified atom stereocenters. The molecule has 4 rings (SSSR count). The maximum Gasteiger partial charge on any atom is 0.411 e. The van der Waals surface area contributed by atoms with E-state index < -0.39 is 7.60 Å². The van der Waals surface area contributed by atoms with E-state index in [0.717, 1.165) is 27.8 Å². The van der Waals surface area contributed by atoms with Crippen molar-refractivity contribution in [1.29, 1.82) is 0 Å². The van der Waals surface area contributed by atoms with Crippen molar-refractivity contribution in [2.24, 2.45) is 0 Å². The highest BCUT2D eigenvalue weighted by atomic mass is 31.2. The third kappa shape index (κ3) is 3.25. The molecular weight excluding hydrogens is 355 g/mol. The van der Waals surface area contributed by atoms with E-state index in [-0.39, 0.29) is 0 Å². The van der Waals surface area contributed by atoms with Gasteiger partial charge in [0.25, 0.3) is 0 Å². The Morgan fingerprint density at radius 1 is 0.889 bits per heavy atom. The summed E-state index contributed by atoms with van der Waals surface area (Å²) in [5.74, 6) is 0.594. The van der Waals surface area contributed by atoms with Crippen LogP contribution in [0.15, 0.2) is 78.9 Å². The molecule has 3 aromatic carbocycles. The van der Waals surface area contributed by atoms with Gasteiger partial charge in [0.05, 0.1) is 11.9 Å². The molecule has 0 N–H and O–H groups in total. The van der Waals surface area contributed by atoms with Gasteiger partial charge in [-0.2, -0.15) is 0 Å². The van der Waals surface area contributed by atoms with E-state index in [1.807, 2.05) is 86.6 Å². The number of hydrogen-bond acceptors (Lipinski definition) is 3. The second kappa shape index (κ2) is 7.19. The van der Waals surface area contributed by atoms with Gasteiger partial charge in [-0.3, -0.25) is 4.52 Å². The Morgan fingerprint density at radius 2 is 1.52 bits per heavy atom. The van der Waals surface area contributed by atoms with Gasteiger partial charge in [-0.1, -0.05) is 78.4 Å². The van der Waals surface area contributed by atoms with Gasteiger partial charge in [-0.15, -0.1) is 0 Å². The van der Waals surface area contributed by atoms with Gasteiger partial charge in [0.15, 0.2) is 0 Å². The maximum absolute atomic E-state index is 13.6. The predicted molar refractivity (Wildman–Crippen MR) is 110 cm³/mol. The summed E-state index contributed by atoms with van der Waals surface area (Å²) in [5.41, 5.74) is 4.84. The minimum Gasteiger partial charge on any atom is -0.420 e.